The van der Waals surface area contributed by atoms with E-state index in [0.717, 1.165) is 34.5 Å². The summed E-state index contributed by atoms with van der Waals surface area (Å²) in [6.07, 6.45) is 2.20. The smallest absolute Gasteiger partial charge is 0.226 e. The SMILES string of the molecule is CCn1nc(C)c(NC(=O)CCn2ncc3ccccc32)c1C. The maximum atomic E-state index is 12.3. The highest BCUT2D eigenvalue weighted by molar-refractivity contribution is 5.92. The molecule has 0 saturated heterocycles. The van der Waals surface area contributed by atoms with Gasteiger partial charge in [-0.15, -0.1) is 0 Å². The van der Waals surface area contributed by atoms with E-state index >= 15 is 0 Å². The zero-order valence-corrected chi connectivity index (χ0v) is 13.7. The Balaban J connectivity index is 1.67. The van der Waals surface area contributed by atoms with Crippen molar-refractivity contribution >= 4 is 22.5 Å². The number of hydrogen-bond donors (Lipinski definition) is 1. The summed E-state index contributed by atoms with van der Waals surface area (Å²) in [4.78, 5) is 12.3. The molecule has 0 fully saturated rings. The van der Waals surface area contributed by atoms with E-state index in [9.17, 15) is 4.79 Å². The van der Waals surface area contributed by atoms with Crippen molar-refractivity contribution in [3.05, 3.63) is 41.9 Å². The summed E-state index contributed by atoms with van der Waals surface area (Å²) in [5.74, 6) is -0.0218. The average Bonchev–Trinajstić information content (AvgIpc) is 3.08. The number of aryl methyl sites for hydroxylation is 3. The summed E-state index contributed by atoms with van der Waals surface area (Å²) in [5.41, 5.74) is 3.71. The van der Waals surface area contributed by atoms with Crippen LogP contribution in [0.25, 0.3) is 10.9 Å². The maximum absolute atomic E-state index is 12.3. The number of hydrogen-bond acceptors (Lipinski definition) is 3. The molecule has 0 radical (unpaired) electrons. The summed E-state index contributed by atoms with van der Waals surface area (Å²) in [7, 11) is 0. The Hall–Kier alpha value is -2.63. The first-order valence-corrected chi connectivity index (χ1v) is 7.84. The molecule has 0 bridgehead atoms. The molecule has 0 aliphatic rings. The number of anilines is 1. The highest BCUT2D eigenvalue weighted by Gasteiger charge is 2.13. The number of amides is 1. The molecule has 23 heavy (non-hydrogen) atoms. The monoisotopic (exact) mass is 311 g/mol. The molecule has 2 aromatic heterocycles. The maximum Gasteiger partial charge on any atom is 0.226 e. The van der Waals surface area contributed by atoms with Crippen molar-refractivity contribution in [1.29, 1.82) is 0 Å². The molecular formula is C17H21N5O. The van der Waals surface area contributed by atoms with Crippen LogP contribution in [0.15, 0.2) is 30.5 Å². The van der Waals surface area contributed by atoms with E-state index in [4.69, 9.17) is 0 Å². The van der Waals surface area contributed by atoms with Gasteiger partial charge in [-0.1, -0.05) is 18.2 Å². The van der Waals surface area contributed by atoms with Crippen molar-refractivity contribution in [2.45, 2.75) is 40.3 Å². The standard InChI is InChI=1S/C17H21N5O/c1-4-21-13(3)17(12(2)20-21)19-16(23)9-10-22-15-8-6-5-7-14(15)11-18-22/h5-8,11H,4,9-10H2,1-3H3,(H,19,23). The number of fused-ring (bicyclic) bond motifs is 1. The molecule has 0 spiro atoms. The lowest BCUT2D eigenvalue weighted by molar-refractivity contribution is -0.116. The first-order valence-electron chi connectivity index (χ1n) is 7.84. The lowest BCUT2D eigenvalue weighted by Crippen LogP contribution is -2.16. The number of rotatable bonds is 5. The van der Waals surface area contributed by atoms with Gasteiger partial charge in [0.05, 0.1) is 35.3 Å². The molecule has 1 aromatic carbocycles. The average molecular weight is 311 g/mol. The van der Waals surface area contributed by atoms with Crippen molar-refractivity contribution < 1.29 is 4.79 Å². The fourth-order valence-corrected chi connectivity index (χ4v) is 2.80. The minimum absolute atomic E-state index is 0.0218. The summed E-state index contributed by atoms with van der Waals surface area (Å²) in [6.45, 7) is 7.27. The molecule has 120 valence electrons. The molecule has 3 rings (SSSR count). The summed E-state index contributed by atoms with van der Waals surface area (Å²) in [5, 5.41) is 12.8. The highest BCUT2D eigenvalue weighted by Crippen LogP contribution is 2.19. The number of aromatic nitrogens is 4. The number of nitrogens with zero attached hydrogens (tertiary/aromatic N) is 4. The fourth-order valence-electron chi connectivity index (χ4n) is 2.80. The fraction of sp³-hybridized carbons (Fsp3) is 0.353. The Bertz CT molecular complexity index is 846. The Morgan fingerprint density at radius 3 is 2.74 bits per heavy atom. The topological polar surface area (TPSA) is 64.7 Å². The normalized spacial score (nSPS) is 11.1. The Labute approximate surface area is 135 Å². The second-order valence-corrected chi connectivity index (χ2v) is 5.59. The van der Waals surface area contributed by atoms with Crippen LogP contribution in [0, 0.1) is 13.8 Å². The van der Waals surface area contributed by atoms with Gasteiger partial charge in [0.25, 0.3) is 0 Å². The van der Waals surface area contributed by atoms with E-state index in [1.54, 1.807) is 0 Å². The quantitative estimate of drug-likeness (QED) is 0.788. The first kappa shape index (κ1) is 15.3. The minimum Gasteiger partial charge on any atom is -0.323 e. The van der Waals surface area contributed by atoms with Gasteiger partial charge in [-0.25, -0.2) is 0 Å². The molecule has 0 unspecified atom stereocenters. The third kappa shape index (κ3) is 2.97. The molecule has 6 heteroatoms. The van der Waals surface area contributed by atoms with Crippen molar-refractivity contribution in [3.63, 3.8) is 0 Å². The Kier molecular flexibility index (Phi) is 4.14. The second kappa shape index (κ2) is 6.24. The molecule has 1 amide bonds. The molecule has 0 saturated carbocycles. The van der Waals surface area contributed by atoms with E-state index < -0.39 is 0 Å². The van der Waals surface area contributed by atoms with Crippen LogP contribution in [0.5, 0.6) is 0 Å². The van der Waals surface area contributed by atoms with Crippen LogP contribution in [0.1, 0.15) is 24.7 Å². The number of nitrogens with one attached hydrogen (secondary N) is 1. The van der Waals surface area contributed by atoms with Crippen LogP contribution in [-0.4, -0.2) is 25.5 Å². The second-order valence-electron chi connectivity index (χ2n) is 5.59. The molecule has 1 N–H and O–H groups in total. The third-order valence-electron chi connectivity index (χ3n) is 4.05. The molecular weight excluding hydrogens is 290 g/mol. The van der Waals surface area contributed by atoms with Crippen LogP contribution in [-0.2, 0) is 17.9 Å². The first-order chi connectivity index (χ1) is 11.1. The van der Waals surface area contributed by atoms with E-state index in [1.165, 1.54) is 0 Å². The number of carbonyl (C=O) groups excluding carboxylic acids is 1. The van der Waals surface area contributed by atoms with Crippen molar-refractivity contribution in [2.75, 3.05) is 5.32 Å². The van der Waals surface area contributed by atoms with Crippen molar-refractivity contribution in [2.24, 2.45) is 0 Å². The van der Waals surface area contributed by atoms with Crippen LogP contribution in [0.4, 0.5) is 5.69 Å². The van der Waals surface area contributed by atoms with Gasteiger partial charge >= 0.3 is 0 Å². The van der Waals surface area contributed by atoms with E-state index in [1.807, 2.05) is 60.6 Å². The predicted octanol–water partition coefficient (Wildman–Crippen LogP) is 2.90. The molecule has 0 aliphatic carbocycles. The van der Waals surface area contributed by atoms with Crippen molar-refractivity contribution in [1.82, 2.24) is 19.6 Å². The lowest BCUT2D eigenvalue weighted by atomic mass is 10.2. The zero-order chi connectivity index (χ0) is 16.4. The molecule has 0 aliphatic heterocycles. The van der Waals surface area contributed by atoms with Gasteiger partial charge in [0.2, 0.25) is 5.91 Å². The van der Waals surface area contributed by atoms with Crippen LogP contribution >= 0.6 is 0 Å². The summed E-state index contributed by atoms with van der Waals surface area (Å²) < 4.78 is 3.76. The number of para-hydroxylation sites is 1. The Morgan fingerprint density at radius 2 is 2.00 bits per heavy atom. The van der Waals surface area contributed by atoms with Crippen molar-refractivity contribution in [3.8, 4) is 0 Å². The molecule has 2 heterocycles. The van der Waals surface area contributed by atoms with Gasteiger partial charge in [-0.3, -0.25) is 14.2 Å². The van der Waals surface area contributed by atoms with Gasteiger partial charge in [-0.2, -0.15) is 10.2 Å². The number of carbonyl (C=O) groups is 1. The lowest BCUT2D eigenvalue weighted by Gasteiger charge is -2.07. The van der Waals surface area contributed by atoms with E-state index in [0.29, 0.717) is 13.0 Å². The third-order valence-corrected chi connectivity index (χ3v) is 4.05. The van der Waals surface area contributed by atoms with Crippen LogP contribution < -0.4 is 5.32 Å². The highest BCUT2D eigenvalue weighted by atomic mass is 16.1. The predicted molar refractivity (Wildman–Crippen MR) is 90.4 cm³/mol. The molecule has 3 aromatic rings. The summed E-state index contributed by atoms with van der Waals surface area (Å²) in [6, 6.07) is 8.00. The minimum atomic E-state index is -0.0218. The van der Waals surface area contributed by atoms with Gasteiger partial charge in [-0.05, 0) is 26.8 Å². The molecule has 0 atom stereocenters. The van der Waals surface area contributed by atoms with Gasteiger partial charge in [0.15, 0.2) is 0 Å². The Morgan fingerprint density at radius 1 is 1.22 bits per heavy atom. The van der Waals surface area contributed by atoms with E-state index in [2.05, 4.69) is 15.5 Å². The number of benzene rings is 1. The summed E-state index contributed by atoms with van der Waals surface area (Å²) >= 11 is 0. The van der Waals surface area contributed by atoms with E-state index in [-0.39, 0.29) is 5.91 Å². The van der Waals surface area contributed by atoms with Gasteiger partial charge in [0.1, 0.15) is 0 Å². The van der Waals surface area contributed by atoms with Crippen LogP contribution in [0.2, 0.25) is 0 Å². The van der Waals surface area contributed by atoms with Crippen LogP contribution in [0.3, 0.4) is 0 Å². The zero-order valence-electron chi connectivity index (χ0n) is 13.7. The largest absolute Gasteiger partial charge is 0.323 e. The van der Waals surface area contributed by atoms with Gasteiger partial charge in [0, 0.05) is 18.4 Å². The van der Waals surface area contributed by atoms with Gasteiger partial charge < -0.3 is 5.32 Å². The molecule has 6 nitrogen and oxygen atoms in total.